The number of aromatic nitrogens is 4. The van der Waals surface area contributed by atoms with Crippen molar-refractivity contribution in [2.75, 3.05) is 12.4 Å². The summed E-state index contributed by atoms with van der Waals surface area (Å²) in [5.74, 6) is -2.08. The standard InChI is InChI=1S/C22H26N6O11S/c1-36-13-12(32)19(28-5-4-10(30)24-22(28)35)38-14(13)15(16(23)33)39-20-11(31)8(29)6-9(37-20)17(34)25-21-27-26-18(40-21)7-2-3-7/h4-8,11-15,19-20,29,31-32H,2-3H2,1H3,(H2,23,33)(H,24,30,35)(H,25,27,34)/t8-,11-,12+,13-,14-,15+,19+,20+/m0/s1. The number of nitrogens with two attached hydrogens (primary N) is 1. The lowest BCUT2D eigenvalue weighted by molar-refractivity contribution is -0.241. The SMILES string of the molecule is CO[C@H]1[C@@H](O)[C@H](n2ccc(=O)[nH]c2=O)O[C@@H]1[C@@H](O[C@H]1OC(C(=O)Nc2nnc(C3CC3)s2)=C[C@H](O)[C@@H]1O)C(N)=O. The third kappa shape index (κ3) is 5.55. The van der Waals surface area contributed by atoms with Crippen LogP contribution in [0.25, 0.3) is 0 Å². The molecule has 216 valence electrons. The number of amides is 2. The Bertz CT molecular complexity index is 1420. The summed E-state index contributed by atoms with van der Waals surface area (Å²) in [6, 6.07) is 1.02. The zero-order valence-electron chi connectivity index (χ0n) is 20.8. The number of anilines is 1. The molecule has 8 atom stereocenters. The molecular weight excluding hydrogens is 556 g/mol. The van der Waals surface area contributed by atoms with Gasteiger partial charge < -0.3 is 40.0 Å². The van der Waals surface area contributed by atoms with Crippen LogP contribution < -0.4 is 22.3 Å². The molecular formula is C22H26N6O11S. The summed E-state index contributed by atoms with van der Waals surface area (Å²) in [6.07, 6.45) is -8.69. The highest BCUT2D eigenvalue weighted by molar-refractivity contribution is 7.15. The highest BCUT2D eigenvalue weighted by Crippen LogP contribution is 2.42. The number of carbonyl (C=O) groups is 2. The Morgan fingerprint density at radius 2 is 2.00 bits per heavy atom. The first-order chi connectivity index (χ1) is 19.1. The molecule has 1 saturated carbocycles. The van der Waals surface area contributed by atoms with Gasteiger partial charge in [-0.2, -0.15) is 0 Å². The van der Waals surface area contributed by atoms with E-state index in [9.17, 15) is 34.5 Å². The maximum Gasteiger partial charge on any atom is 0.330 e. The van der Waals surface area contributed by atoms with Gasteiger partial charge in [-0.1, -0.05) is 11.3 Å². The summed E-state index contributed by atoms with van der Waals surface area (Å²) < 4.78 is 22.9. The van der Waals surface area contributed by atoms with Crippen LogP contribution in [-0.4, -0.2) is 96.9 Å². The fourth-order valence-electron chi connectivity index (χ4n) is 4.33. The molecule has 2 aromatic heterocycles. The second-order valence-electron chi connectivity index (χ2n) is 9.33. The van der Waals surface area contributed by atoms with Crippen molar-refractivity contribution in [2.24, 2.45) is 5.73 Å². The van der Waals surface area contributed by atoms with Crippen LogP contribution in [0.1, 0.15) is 30.0 Å². The van der Waals surface area contributed by atoms with E-state index in [-0.39, 0.29) is 5.13 Å². The molecule has 0 spiro atoms. The number of carbonyl (C=O) groups excluding carboxylic acids is 2. The first-order valence-electron chi connectivity index (χ1n) is 12.1. The van der Waals surface area contributed by atoms with Gasteiger partial charge in [0.2, 0.25) is 17.3 Å². The molecule has 0 aromatic carbocycles. The van der Waals surface area contributed by atoms with Crippen LogP contribution >= 0.6 is 11.3 Å². The van der Waals surface area contributed by atoms with Crippen LogP contribution in [0.2, 0.25) is 0 Å². The highest BCUT2D eigenvalue weighted by atomic mass is 32.1. The number of aliphatic hydroxyl groups excluding tert-OH is 3. The zero-order valence-corrected chi connectivity index (χ0v) is 21.6. The van der Waals surface area contributed by atoms with E-state index in [0.29, 0.717) is 5.92 Å². The second-order valence-corrected chi connectivity index (χ2v) is 10.3. The maximum absolute atomic E-state index is 12.8. The number of hydrogen-bond donors (Lipinski definition) is 6. The molecule has 5 rings (SSSR count). The van der Waals surface area contributed by atoms with E-state index in [1.54, 1.807) is 0 Å². The van der Waals surface area contributed by atoms with Gasteiger partial charge in [0.1, 0.15) is 35.5 Å². The van der Waals surface area contributed by atoms with Gasteiger partial charge in [-0.15, -0.1) is 10.2 Å². The Morgan fingerprint density at radius 1 is 1.25 bits per heavy atom. The molecule has 4 heterocycles. The highest BCUT2D eigenvalue weighted by Gasteiger charge is 2.52. The third-order valence-corrected chi connectivity index (χ3v) is 7.51. The Morgan fingerprint density at radius 3 is 2.65 bits per heavy atom. The van der Waals surface area contributed by atoms with E-state index in [4.69, 9.17) is 24.7 Å². The third-order valence-electron chi connectivity index (χ3n) is 6.51. The fourth-order valence-corrected chi connectivity index (χ4v) is 5.23. The Hall–Kier alpha value is -3.52. The summed E-state index contributed by atoms with van der Waals surface area (Å²) in [5, 5.41) is 43.0. The van der Waals surface area contributed by atoms with Gasteiger partial charge in [0.05, 0.1) is 0 Å². The number of aliphatic hydroxyl groups is 3. The van der Waals surface area contributed by atoms with Crippen molar-refractivity contribution < 1.29 is 43.9 Å². The monoisotopic (exact) mass is 582 g/mol. The molecule has 3 aliphatic rings. The van der Waals surface area contributed by atoms with Crippen LogP contribution in [0.4, 0.5) is 5.13 Å². The van der Waals surface area contributed by atoms with Gasteiger partial charge in [0.15, 0.2) is 18.1 Å². The number of rotatable bonds is 9. The Labute approximate surface area is 228 Å². The van der Waals surface area contributed by atoms with Crippen LogP contribution in [0, 0.1) is 0 Å². The number of methoxy groups -OCH3 is 1. The van der Waals surface area contributed by atoms with E-state index in [0.717, 1.165) is 40.8 Å². The largest absolute Gasteiger partial charge is 0.456 e. The summed E-state index contributed by atoms with van der Waals surface area (Å²) in [4.78, 5) is 51.0. The van der Waals surface area contributed by atoms with Gasteiger partial charge in [-0.3, -0.25) is 29.3 Å². The maximum atomic E-state index is 12.8. The van der Waals surface area contributed by atoms with Gasteiger partial charge in [-0.05, 0) is 18.9 Å². The number of nitrogens with one attached hydrogen (secondary N) is 2. The molecule has 2 aromatic rings. The molecule has 40 heavy (non-hydrogen) atoms. The van der Waals surface area contributed by atoms with E-state index in [2.05, 4.69) is 15.5 Å². The number of nitrogens with zero attached hydrogens (tertiary/aromatic N) is 3. The minimum absolute atomic E-state index is 0.198. The van der Waals surface area contributed by atoms with Gasteiger partial charge in [0, 0.05) is 25.3 Å². The first kappa shape index (κ1) is 28.0. The predicted molar refractivity (Wildman–Crippen MR) is 132 cm³/mol. The number of aromatic amines is 1. The van der Waals surface area contributed by atoms with Crippen LogP contribution in [0.15, 0.2) is 33.7 Å². The van der Waals surface area contributed by atoms with Crippen molar-refractivity contribution in [3.8, 4) is 0 Å². The first-order valence-corrected chi connectivity index (χ1v) is 12.9. The molecule has 1 aliphatic carbocycles. The van der Waals surface area contributed by atoms with E-state index in [1.807, 2.05) is 4.98 Å². The second kappa shape index (κ2) is 11.2. The number of ether oxygens (including phenoxy) is 4. The number of hydrogen-bond acceptors (Lipinski definition) is 14. The van der Waals surface area contributed by atoms with Gasteiger partial charge >= 0.3 is 5.69 Å². The summed E-state index contributed by atoms with van der Waals surface area (Å²) in [5.41, 5.74) is 3.95. The molecule has 2 fully saturated rings. The van der Waals surface area contributed by atoms with E-state index < -0.39 is 78.0 Å². The molecule has 0 radical (unpaired) electrons. The van der Waals surface area contributed by atoms with Crippen molar-refractivity contribution in [1.29, 1.82) is 0 Å². The van der Waals surface area contributed by atoms with Crippen molar-refractivity contribution in [3.63, 3.8) is 0 Å². The summed E-state index contributed by atoms with van der Waals surface area (Å²) in [7, 11) is 1.20. The quantitative estimate of drug-likeness (QED) is 0.173. The molecule has 7 N–H and O–H groups in total. The molecule has 2 aliphatic heterocycles. The minimum Gasteiger partial charge on any atom is -0.456 e. The molecule has 2 amide bonds. The lowest BCUT2D eigenvalue weighted by atomic mass is 10.0. The van der Waals surface area contributed by atoms with Crippen LogP contribution in [-0.2, 0) is 28.5 Å². The number of H-pyrrole nitrogens is 1. The van der Waals surface area contributed by atoms with E-state index in [1.165, 1.54) is 18.4 Å². The Balaban J connectivity index is 1.33. The summed E-state index contributed by atoms with van der Waals surface area (Å²) in [6.45, 7) is 0. The lowest BCUT2D eigenvalue weighted by Gasteiger charge is -2.34. The summed E-state index contributed by atoms with van der Waals surface area (Å²) >= 11 is 1.19. The van der Waals surface area contributed by atoms with Crippen molar-refractivity contribution in [2.45, 2.75) is 67.9 Å². The van der Waals surface area contributed by atoms with Gasteiger partial charge in [0.25, 0.3) is 11.5 Å². The zero-order chi connectivity index (χ0) is 28.7. The fraction of sp³-hybridized carbons (Fsp3) is 0.545. The molecule has 17 nitrogen and oxygen atoms in total. The topological polar surface area (TPSA) is 250 Å². The average Bonchev–Trinajstić information content (AvgIpc) is 3.57. The Kier molecular flexibility index (Phi) is 7.82. The van der Waals surface area contributed by atoms with Gasteiger partial charge in [-0.25, -0.2) is 4.79 Å². The van der Waals surface area contributed by atoms with E-state index >= 15 is 0 Å². The van der Waals surface area contributed by atoms with Crippen LogP contribution in [0.3, 0.4) is 0 Å². The van der Waals surface area contributed by atoms with Crippen molar-refractivity contribution in [3.05, 3.63) is 49.9 Å². The van der Waals surface area contributed by atoms with Crippen LogP contribution in [0.5, 0.6) is 0 Å². The van der Waals surface area contributed by atoms with Crippen molar-refractivity contribution in [1.82, 2.24) is 19.7 Å². The smallest absolute Gasteiger partial charge is 0.330 e. The number of primary amides is 1. The minimum atomic E-state index is -1.80. The molecule has 1 saturated heterocycles. The lowest BCUT2D eigenvalue weighted by Crippen LogP contribution is -2.53. The normalized spacial score (nSPS) is 30.8. The predicted octanol–water partition coefficient (Wildman–Crippen LogP) is -2.99. The molecule has 0 bridgehead atoms. The molecule has 18 heteroatoms. The van der Waals surface area contributed by atoms with Crippen molar-refractivity contribution >= 4 is 28.3 Å². The molecule has 0 unspecified atom stereocenters. The average molecular weight is 583 g/mol.